The quantitative estimate of drug-likeness (QED) is 0.855. The van der Waals surface area contributed by atoms with Crippen LogP contribution >= 0.6 is 11.6 Å². The van der Waals surface area contributed by atoms with Crippen LogP contribution in [0.3, 0.4) is 0 Å². The zero-order chi connectivity index (χ0) is 17.3. The zero-order valence-electron chi connectivity index (χ0n) is 13.5. The van der Waals surface area contributed by atoms with Crippen LogP contribution in [0.4, 0.5) is 5.69 Å². The number of methoxy groups -OCH3 is 3. The van der Waals surface area contributed by atoms with Crippen molar-refractivity contribution in [3.8, 4) is 17.2 Å². The number of fused-ring (bicyclic) bond motifs is 1. The molecule has 0 spiro atoms. The summed E-state index contributed by atoms with van der Waals surface area (Å²) < 4.78 is 16.0. The van der Waals surface area contributed by atoms with Crippen molar-refractivity contribution >= 4 is 34.8 Å². The number of carbonyl (C=O) groups is 1. The standard InChI is InChI=1S/C18H16ClNO4/c1-22-14-8-10(9-15(23-2)17(14)24-3)7-11-16-12(19)5-4-6-13(16)20-18(11)21/h4-9H,1-3H3,(H,20,21)/b11-7+. The zero-order valence-corrected chi connectivity index (χ0v) is 14.2. The van der Waals surface area contributed by atoms with Gasteiger partial charge in [0.15, 0.2) is 11.5 Å². The van der Waals surface area contributed by atoms with Crippen LogP contribution in [0.15, 0.2) is 30.3 Å². The van der Waals surface area contributed by atoms with Crippen molar-refractivity contribution in [1.82, 2.24) is 0 Å². The summed E-state index contributed by atoms with van der Waals surface area (Å²) in [6.45, 7) is 0. The van der Waals surface area contributed by atoms with Crippen LogP contribution in [0.25, 0.3) is 11.6 Å². The smallest absolute Gasteiger partial charge is 0.256 e. The SMILES string of the molecule is COc1cc(/C=C2/C(=O)Nc3cccc(Cl)c32)cc(OC)c1OC. The Hall–Kier alpha value is -2.66. The molecule has 1 amide bonds. The molecular weight excluding hydrogens is 330 g/mol. The van der Waals surface area contributed by atoms with Crippen molar-refractivity contribution in [3.05, 3.63) is 46.5 Å². The van der Waals surface area contributed by atoms with Gasteiger partial charge in [-0.05, 0) is 35.9 Å². The molecule has 0 atom stereocenters. The largest absolute Gasteiger partial charge is 0.493 e. The monoisotopic (exact) mass is 345 g/mol. The Bertz CT molecular complexity index is 820. The minimum Gasteiger partial charge on any atom is -0.493 e. The molecule has 0 unspecified atom stereocenters. The van der Waals surface area contributed by atoms with Crippen molar-refractivity contribution in [2.75, 3.05) is 26.6 Å². The van der Waals surface area contributed by atoms with Crippen LogP contribution < -0.4 is 19.5 Å². The summed E-state index contributed by atoms with van der Waals surface area (Å²) in [5.74, 6) is 1.33. The van der Waals surface area contributed by atoms with Crippen molar-refractivity contribution in [3.63, 3.8) is 0 Å². The molecule has 0 radical (unpaired) electrons. The first kappa shape index (κ1) is 16.2. The molecule has 124 valence electrons. The van der Waals surface area contributed by atoms with Gasteiger partial charge in [0.25, 0.3) is 5.91 Å². The van der Waals surface area contributed by atoms with Gasteiger partial charge in [-0.2, -0.15) is 0 Å². The number of anilines is 1. The van der Waals surface area contributed by atoms with Crippen molar-refractivity contribution in [2.45, 2.75) is 0 Å². The predicted molar refractivity (Wildman–Crippen MR) is 94.1 cm³/mol. The van der Waals surface area contributed by atoms with E-state index in [-0.39, 0.29) is 5.91 Å². The molecule has 1 N–H and O–H groups in total. The van der Waals surface area contributed by atoms with E-state index in [0.29, 0.717) is 39.1 Å². The van der Waals surface area contributed by atoms with Gasteiger partial charge in [-0.15, -0.1) is 0 Å². The Balaban J connectivity index is 2.15. The molecule has 0 saturated carbocycles. The molecule has 2 aromatic rings. The summed E-state index contributed by atoms with van der Waals surface area (Å²) in [5.41, 5.74) is 2.62. The Labute approximate surface area is 144 Å². The minimum absolute atomic E-state index is 0.202. The maximum absolute atomic E-state index is 12.3. The molecule has 6 heteroatoms. The number of rotatable bonds is 4. The third-order valence-electron chi connectivity index (χ3n) is 3.77. The summed E-state index contributed by atoms with van der Waals surface area (Å²) >= 11 is 6.26. The topological polar surface area (TPSA) is 56.8 Å². The van der Waals surface area contributed by atoms with Crippen LogP contribution in [0.2, 0.25) is 5.02 Å². The normalized spacial score (nSPS) is 14.3. The minimum atomic E-state index is -0.202. The summed E-state index contributed by atoms with van der Waals surface area (Å²) in [4.78, 5) is 12.3. The molecule has 24 heavy (non-hydrogen) atoms. The van der Waals surface area contributed by atoms with E-state index in [1.54, 1.807) is 51.7 Å². The van der Waals surface area contributed by atoms with Crippen LogP contribution in [0, 0.1) is 0 Å². The third kappa shape index (κ3) is 2.67. The number of carbonyl (C=O) groups excluding carboxylic acids is 1. The average molecular weight is 346 g/mol. The maximum Gasteiger partial charge on any atom is 0.256 e. The average Bonchev–Trinajstić information content (AvgIpc) is 2.90. The fraction of sp³-hybridized carbons (Fsp3) is 0.167. The Morgan fingerprint density at radius 2 is 1.71 bits per heavy atom. The molecule has 0 fully saturated rings. The highest BCUT2D eigenvalue weighted by Crippen LogP contribution is 2.41. The molecular formula is C18H16ClNO4. The van der Waals surface area contributed by atoms with Crippen molar-refractivity contribution in [1.29, 1.82) is 0 Å². The van der Waals surface area contributed by atoms with E-state index in [9.17, 15) is 4.79 Å². The van der Waals surface area contributed by atoms with E-state index in [1.807, 2.05) is 6.07 Å². The van der Waals surface area contributed by atoms with Gasteiger partial charge in [-0.25, -0.2) is 0 Å². The second kappa shape index (κ2) is 6.45. The number of amides is 1. The first-order valence-electron chi connectivity index (χ1n) is 7.21. The number of hydrogen-bond acceptors (Lipinski definition) is 4. The van der Waals surface area contributed by atoms with Gasteiger partial charge >= 0.3 is 0 Å². The molecule has 1 aliphatic heterocycles. The lowest BCUT2D eigenvalue weighted by molar-refractivity contribution is -0.110. The van der Waals surface area contributed by atoms with E-state index in [4.69, 9.17) is 25.8 Å². The fourth-order valence-corrected chi connectivity index (χ4v) is 2.97. The third-order valence-corrected chi connectivity index (χ3v) is 4.09. The highest BCUT2D eigenvalue weighted by molar-refractivity contribution is 6.41. The summed E-state index contributed by atoms with van der Waals surface area (Å²) in [7, 11) is 4.63. The second-order valence-electron chi connectivity index (χ2n) is 5.13. The first-order chi connectivity index (χ1) is 11.6. The van der Waals surface area contributed by atoms with E-state index >= 15 is 0 Å². The molecule has 0 aliphatic carbocycles. The van der Waals surface area contributed by atoms with Crippen LogP contribution in [-0.2, 0) is 4.79 Å². The van der Waals surface area contributed by atoms with Crippen molar-refractivity contribution in [2.24, 2.45) is 0 Å². The molecule has 1 aliphatic rings. The van der Waals surface area contributed by atoms with E-state index in [1.165, 1.54) is 0 Å². The lowest BCUT2D eigenvalue weighted by Gasteiger charge is -2.13. The number of nitrogens with one attached hydrogen (secondary N) is 1. The Kier molecular flexibility index (Phi) is 4.36. The number of halogens is 1. The lowest BCUT2D eigenvalue weighted by atomic mass is 10.0. The Morgan fingerprint density at radius 1 is 1.04 bits per heavy atom. The molecule has 1 heterocycles. The second-order valence-corrected chi connectivity index (χ2v) is 5.54. The van der Waals surface area contributed by atoms with Crippen LogP contribution in [-0.4, -0.2) is 27.2 Å². The molecule has 2 aromatic carbocycles. The van der Waals surface area contributed by atoms with Gasteiger partial charge < -0.3 is 19.5 Å². The summed E-state index contributed by atoms with van der Waals surface area (Å²) in [6, 6.07) is 8.91. The van der Waals surface area contributed by atoms with Gasteiger partial charge in [0, 0.05) is 5.56 Å². The molecule has 0 bridgehead atoms. The maximum atomic E-state index is 12.3. The lowest BCUT2D eigenvalue weighted by Crippen LogP contribution is -2.03. The fourth-order valence-electron chi connectivity index (χ4n) is 2.69. The number of ether oxygens (including phenoxy) is 3. The number of benzene rings is 2. The molecule has 3 rings (SSSR count). The van der Waals surface area contributed by atoms with Crippen LogP contribution in [0.1, 0.15) is 11.1 Å². The van der Waals surface area contributed by atoms with Gasteiger partial charge in [0.05, 0.1) is 37.6 Å². The van der Waals surface area contributed by atoms with Gasteiger partial charge in [-0.1, -0.05) is 17.7 Å². The van der Waals surface area contributed by atoms with E-state index in [2.05, 4.69) is 5.32 Å². The van der Waals surface area contributed by atoms with Crippen LogP contribution in [0.5, 0.6) is 17.2 Å². The van der Waals surface area contributed by atoms with Gasteiger partial charge in [-0.3, -0.25) is 4.79 Å². The highest BCUT2D eigenvalue weighted by atomic mass is 35.5. The van der Waals surface area contributed by atoms with Crippen molar-refractivity contribution < 1.29 is 19.0 Å². The van der Waals surface area contributed by atoms with E-state index in [0.717, 1.165) is 5.56 Å². The van der Waals surface area contributed by atoms with Gasteiger partial charge in [0.2, 0.25) is 5.75 Å². The Morgan fingerprint density at radius 3 is 2.29 bits per heavy atom. The summed E-state index contributed by atoms with van der Waals surface area (Å²) in [6.07, 6.45) is 1.75. The first-order valence-corrected chi connectivity index (χ1v) is 7.58. The van der Waals surface area contributed by atoms with E-state index < -0.39 is 0 Å². The molecule has 0 saturated heterocycles. The molecule has 0 aromatic heterocycles. The number of hydrogen-bond donors (Lipinski definition) is 1. The molecule has 5 nitrogen and oxygen atoms in total. The predicted octanol–water partition coefficient (Wildman–Crippen LogP) is 3.86. The van der Waals surface area contributed by atoms with Gasteiger partial charge in [0.1, 0.15) is 0 Å². The summed E-state index contributed by atoms with van der Waals surface area (Å²) in [5, 5.41) is 3.33. The highest BCUT2D eigenvalue weighted by Gasteiger charge is 2.26.